The van der Waals surface area contributed by atoms with E-state index in [1.54, 1.807) is 0 Å². The van der Waals surface area contributed by atoms with E-state index in [9.17, 15) is 0 Å². The summed E-state index contributed by atoms with van der Waals surface area (Å²) in [5.74, 6) is 0. The van der Waals surface area contributed by atoms with Gasteiger partial charge in [-0.05, 0) is 39.5 Å². The molecule has 1 saturated heterocycles. The van der Waals surface area contributed by atoms with Crippen molar-refractivity contribution >= 4 is 0 Å². The third-order valence-electron chi connectivity index (χ3n) is 4.44. The second-order valence-electron chi connectivity index (χ2n) is 6.78. The molecule has 142 valence electrons. The third kappa shape index (κ3) is 8.11. The highest BCUT2D eigenvalue weighted by molar-refractivity contribution is 4.82. The van der Waals surface area contributed by atoms with Gasteiger partial charge in [0, 0.05) is 19.6 Å². The molecule has 1 aliphatic rings. The second kappa shape index (κ2) is 12.9. The number of rotatable bonds is 13. The third-order valence-corrected chi connectivity index (χ3v) is 4.44. The summed E-state index contributed by atoms with van der Waals surface area (Å²) in [7, 11) is 0. The molecule has 5 atom stereocenters. The van der Waals surface area contributed by atoms with Gasteiger partial charge in [-0.3, -0.25) is 0 Å². The van der Waals surface area contributed by atoms with E-state index in [0.717, 1.165) is 58.2 Å². The first kappa shape index (κ1) is 21.6. The zero-order valence-corrected chi connectivity index (χ0v) is 16.2. The van der Waals surface area contributed by atoms with E-state index in [1.807, 2.05) is 6.08 Å². The van der Waals surface area contributed by atoms with E-state index in [-0.39, 0.29) is 30.7 Å². The van der Waals surface area contributed by atoms with Gasteiger partial charge in [-0.1, -0.05) is 32.8 Å². The molecule has 1 aliphatic heterocycles. The first-order valence-electron chi connectivity index (χ1n) is 9.77. The molecule has 0 aromatic carbocycles. The van der Waals surface area contributed by atoms with Crippen molar-refractivity contribution in [1.29, 1.82) is 0 Å². The number of ether oxygens (including phenoxy) is 4. The molecule has 0 bridgehead atoms. The van der Waals surface area contributed by atoms with E-state index >= 15 is 0 Å². The van der Waals surface area contributed by atoms with Crippen molar-refractivity contribution < 1.29 is 18.9 Å². The summed E-state index contributed by atoms with van der Waals surface area (Å²) in [6.07, 6.45) is 9.00. The molecule has 0 saturated carbocycles. The Morgan fingerprint density at radius 2 is 1.75 bits per heavy atom. The standard InChI is InChI=1S/C20H38O4/c1-6-9-12-16(4)23-20-19(22-14-11-8-3)15-18(17(5)24-20)21-13-10-7-2/h6,16-20H,1,7-15H2,2-5H3/t16-,17?,18-,19+,20-/m1/s1. The van der Waals surface area contributed by atoms with Crippen molar-refractivity contribution in [3.8, 4) is 0 Å². The monoisotopic (exact) mass is 342 g/mol. The van der Waals surface area contributed by atoms with Crippen molar-refractivity contribution in [3.63, 3.8) is 0 Å². The second-order valence-corrected chi connectivity index (χ2v) is 6.78. The zero-order chi connectivity index (χ0) is 17.8. The quantitative estimate of drug-likeness (QED) is 0.354. The first-order chi connectivity index (χ1) is 11.6. The Kier molecular flexibility index (Phi) is 11.6. The van der Waals surface area contributed by atoms with Gasteiger partial charge in [-0.2, -0.15) is 0 Å². The Morgan fingerprint density at radius 3 is 2.33 bits per heavy atom. The molecule has 4 nitrogen and oxygen atoms in total. The summed E-state index contributed by atoms with van der Waals surface area (Å²) < 4.78 is 24.3. The number of hydrogen-bond donors (Lipinski definition) is 0. The maximum Gasteiger partial charge on any atom is 0.184 e. The summed E-state index contributed by atoms with van der Waals surface area (Å²) in [4.78, 5) is 0. The minimum absolute atomic E-state index is 0.0319. The van der Waals surface area contributed by atoms with Crippen molar-refractivity contribution in [2.24, 2.45) is 0 Å². The predicted octanol–water partition coefficient (Wildman–Crippen LogP) is 4.86. The molecule has 0 radical (unpaired) electrons. The Labute approximate surface area is 148 Å². The van der Waals surface area contributed by atoms with E-state index in [1.165, 1.54) is 0 Å². The van der Waals surface area contributed by atoms with Crippen molar-refractivity contribution in [1.82, 2.24) is 0 Å². The first-order valence-corrected chi connectivity index (χ1v) is 9.77. The Morgan fingerprint density at radius 1 is 1.12 bits per heavy atom. The summed E-state index contributed by atoms with van der Waals surface area (Å²) in [6.45, 7) is 13.8. The van der Waals surface area contributed by atoms with Crippen LogP contribution in [0.25, 0.3) is 0 Å². The summed E-state index contributed by atoms with van der Waals surface area (Å²) in [5, 5.41) is 0. The average molecular weight is 343 g/mol. The topological polar surface area (TPSA) is 36.9 Å². The molecule has 24 heavy (non-hydrogen) atoms. The SMILES string of the molecule is C=CCC[C@@H](C)O[C@@H]1OC(C)[C@H](OCCCC)C[C@@H]1OCCCC. The highest BCUT2D eigenvalue weighted by Crippen LogP contribution is 2.27. The maximum atomic E-state index is 6.13. The van der Waals surface area contributed by atoms with Gasteiger partial charge in [0.05, 0.1) is 18.3 Å². The lowest BCUT2D eigenvalue weighted by Crippen LogP contribution is -2.50. The smallest absolute Gasteiger partial charge is 0.184 e. The highest BCUT2D eigenvalue weighted by atomic mass is 16.7. The lowest BCUT2D eigenvalue weighted by atomic mass is 10.0. The predicted molar refractivity (Wildman–Crippen MR) is 98.2 cm³/mol. The van der Waals surface area contributed by atoms with Crippen LogP contribution in [0.1, 0.15) is 72.6 Å². The molecule has 0 N–H and O–H groups in total. The van der Waals surface area contributed by atoms with Crippen LogP contribution in [0.4, 0.5) is 0 Å². The zero-order valence-electron chi connectivity index (χ0n) is 16.2. The van der Waals surface area contributed by atoms with E-state index in [2.05, 4.69) is 34.3 Å². The normalized spacial score (nSPS) is 28.7. The molecular formula is C20H38O4. The Bertz CT molecular complexity index is 321. The minimum atomic E-state index is -0.303. The van der Waals surface area contributed by atoms with Crippen LogP contribution >= 0.6 is 0 Å². The van der Waals surface area contributed by atoms with Gasteiger partial charge >= 0.3 is 0 Å². The molecule has 1 fully saturated rings. The van der Waals surface area contributed by atoms with E-state index in [4.69, 9.17) is 18.9 Å². The van der Waals surface area contributed by atoms with Gasteiger partial charge in [0.2, 0.25) is 0 Å². The molecule has 0 spiro atoms. The summed E-state index contributed by atoms with van der Waals surface area (Å²) in [5.41, 5.74) is 0. The van der Waals surface area contributed by atoms with Crippen LogP contribution in [0, 0.1) is 0 Å². The molecule has 4 heteroatoms. The summed E-state index contributed by atoms with van der Waals surface area (Å²) >= 11 is 0. The van der Waals surface area contributed by atoms with Crippen LogP contribution in [0.15, 0.2) is 12.7 Å². The van der Waals surface area contributed by atoms with Crippen LogP contribution < -0.4 is 0 Å². The molecule has 0 aliphatic carbocycles. The van der Waals surface area contributed by atoms with Gasteiger partial charge in [-0.25, -0.2) is 0 Å². The number of allylic oxidation sites excluding steroid dienone is 1. The fourth-order valence-electron chi connectivity index (χ4n) is 2.80. The van der Waals surface area contributed by atoms with Crippen molar-refractivity contribution in [2.45, 2.75) is 103 Å². The lowest BCUT2D eigenvalue weighted by molar-refractivity contribution is -0.287. The highest BCUT2D eigenvalue weighted by Gasteiger charge is 2.38. The molecular weight excluding hydrogens is 304 g/mol. The fraction of sp³-hybridized carbons (Fsp3) is 0.900. The lowest BCUT2D eigenvalue weighted by Gasteiger charge is -2.40. The van der Waals surface area contributed by atoms with Crippen LogP contribution in [-0.4, -0.2) is 43.9 Å². The minimum Gasteiger partial charge on any atom is -0.375 e. The van der Waals surface area contributed by atoms with Crippen molar-refractivity contribution in [3.05, 3.63) is 12.7 Å². The molecule has 1 heterocycles. The van der Waals surface area contributed by atoms with Crippen LogP contribution in [0.2, 0.25) is 0 Å². The Balaban J connectivity index is 2.57. The average Bonchev–Trinajstić information content (AvgIpc) is 2.56. The van der Waals surface area contributed by atoms with Gasteiger partial charge in [0.1, 0.15) is 6.10 Å². The molecule has 1 rings (SSSR count). The largest absolute Gasteiger partial charge is 0.375 e. The molecule has 0 amide bonds. The van der Waals surface area contributed by atoms with Gasteiger partial charge in [0.15, 0.2) is 6.29 Å². The molecule has 0 aromatic heterocycles. The van der Waals surface area contributed by atoms with Gasteiger partial charge < -0.3 is 18.9 Å². The fourth-order valence-corrected chi connectivity index (χ4v) is 2.80. The van der Waals surface area contributed by atoms with E-state index < -0.39 is 0 Å². The molecule has 1 unspecified atom stereocenters. The van der Waals surface area contributed by atoms with Crippen LogP contribution in [-0.2, 0) is 18.9 Å². The number of hydrogen-bond acceptors (Lipinski definition) is 4. The Hall–Kier alpha value is -0.420. The van der Waals surface area contributed by atoms with E-state index in [0.29, 0.717) is 0 Å². The van der Waals surface area contributed by atoms with Gasteiger partial charge in [-0.15, -0.1) is 6.58 Å². The maximum absolute atomic E-state index is 6.13. The van der Waals surface area contributed by atoms with Crippen molar-refractivity contribution in [2.75, 3.05) is 13.2 Å². The number of unbranched alkanes of at least 4 members (excludes halogenated alkanes) is 2. The summed E-state index contributed by atoms with van der Waals surface area (Å²) in [6, 6.07) is 0. The van der Waals surface area contributed by atoms with Crippen LogP contribution in [0.3, 0.4) is 0 Å². The van der Waals surface area contributed by atoms with Crippen LogP contribution in [0.5, 0.6) is 0 Å². The molecule has 0 aromatic rings. The van der Waals surface area contributed by atoms with Gasteiger partial charge in [0.25, 0.3) is 0 Å².